The van der Waals surface area contributed by atoms with Gasteiger partial charge in [-0.2, -0.15) is 0 Å². The number of carboxylic acids is 1. The number of carbonyl (C=O) groups is 3. The lowest BCUT2D eigenvalue weighted by atomic mass is 10.1. The number of anilines is 1. The SMILES string of the molecule is O=C(O)CC(NC(=O)OCc1ccccc1)NC(=O)c1ccc(N2CCN(C3=NCCCN3)CC2)c(F)c1. The van der Waals surface area contributed by atoms with Gasteiger partial charge in [0.15, 0.2) is 5.96 Å². The average molecular weight is 527 g/mol. The van der Waals surface area contributed by atoms with E-state index in [4.69, 9.17) is 4.74 Å². The van der Waals surface area contributed by atoms with Gasteiger partial charge < -0.3 is 35.6 Å². The molecule has 0 aromatic heterocycles. The van der Waals surface area contributed by atoms with E-state index >= 15 is 4.39 Å². The number of aliphatic imine (C=N–C) groups is 1. The number of carboxylic acid groups (broad SMARTS) is 1. The highest BCUT2D eigenvalue weighted by Crippen LogP contribution is 2.22. The predicted octanol–water partition coefficient (Wildman–Crippen LogP) is 1.75. The molecule has 4 N–H and O–H groups in total. The summed E-state index contributed by atoms with van der Waals surface area (Å²) in [6.45, 7) is 4.25. The Bertz CT molecular complexity index is 1170. The average Bonchev–Trinajstić information content (AvgIpc) is 2.92. The van der Waals surface area contributed by atoms with Crippen LogP contribution in [-0.2, 0) is 16.1 Å². The van der Waals surface area contributed by atoms with Gasteiger partial charge in [-0.1, -0.05) is 30.3 Å². The van der Waals surface area contributed by atoms with Gasteiger partial charge in [0.05, 0.1) is 12.1 Å². The van der Waals surface area contributed by atoms with Crippen LogP contribution in [0, 0.1) is 5.82 Å². The molecule has 202 valence electrons. The lowest BCUT2D eigenvalue weighted by Crippen LogP contribution is -2.53. The van der Waals surface area contributed by atoms with Crippen LogP contribution in [0.4, 0.5) is 14.9 Å². The summed E-state index contributed by atoms with van der Waals surface area (Å²) < 4.78 is 20.1. The number of hydrogen-bond acceptors (Lipinski definition) is 8. The van der Waals surface area contributed by atoms with Crippen LogP contribution in [0.2, 0.25) is 0 Å². The summed E-state index contributed by atoms with van der Waals surface area (Å²) in [7, 11) is 0. The van der Waals surface area contributed by atoms with Gasteiger partial charge in [-0.3, -0.25) is 14.6 Å². The molecule has 12 heteroatoms. The first-order valence-electron chi connectivity index (χ1n) is 12.5. The van der Waals surface area contributed by atoms with E-state index in [1.54, 1.807) is 24.3 Å². The number of hydrogen-bond donors (Lipinski definition) is 4. The molecule has 2 heterocycles. The zero-order valence-electron chi connectivity index (χ0n) is 20.9. The first-order chi connectivity index (χ1) is 18.4. The molecule has 2 aliphatic rings. The Hall–Kier alpha value is -4.35. The number of carbonyl (C=O) groups excluding carboxylic acids is 2. The Labute approximate surface area is 219 Å². The summed E-state index contributed by atoms with van der Waals surface area (Å²) in [5, 5.41) is 17.2. The van der Waals surface area contributed by atoms with E-state index in [0.717, 1.165) is 37.1 Å². The fourth-order valence-corrected chi connectivity index (χ4v) is 4.26. The number of piperazine rings is 1. The van der Waals surface area contributed by atoms with Crippen molar-refractivity contribution in [3.63, 3.8) is 0 Å². The summed E-state index contributed by atoms with van der Waals surface area (Å²) in [6.07, 6.45) is -1.72. The molecule has 11 nitrogen and oxygen atoms in total. The van der Waals surface area contributed by atoms with Gasteiger partial charge >= 0.3 is 12.1 Å². The maximum absolute atomic E-state index is 15.0. The molecule has 1 fully saturated rings. The smallest absolute Gasteiger partial charge is 0.409 e. The highest BCUT2D eigenvalue weighted by molar-refractivity contribution is 5.95. The second-order valence-corrected chi connectivity index (χ2v) is 8.96. The van der Waals surface area contributed by atoms with Crippen LogP contribution in [0.3, 0.4) is 0 Å². The van der Waals surface area contributed by atoms with Crippen molar-refractivity contribution in [2.45, 2.75) is 25.6 Å². The third-order valence-corrected chi connectivity index (χ3v) is 6.20. The van der Waals surface area contributed by atoms with Crippen LogP contribution < -0.4 is 20.9 Å². The van der Waals surface area contributed by atoms with Crippen LogP contribution in [0.5, 0.6) is 0 Å². The molecule has 2 aromatic carbocycles. The highest BCUT2D eigenvalue weighted by atomic mass is 19.1. The molecule has 0 aliphatic carbocycles. The number of benzene rings is 2. The first kappa shape index (κ1) is 26.7. The van der Waals surface area contributed by atoms with Gasteiger partial charge in [-0.15, -0.1) is 0 Å². The highest BCUT2D eigenvalue weighted by Gasteiger charge is 2.24. The van der Waals surface area contributed by atoms with Crippen molar-refractivity contribution in [2.75, 3.05) is 44.2 Å². The van der Waals surface area contributed by atoms with E-state index in [1.807, 2.05) is 11.0 Å². The van der Waals surface area contributed by atoms with Crippen molar-refractivity contribution < 1.29 is 28.6 Å². The third kappa shape index (κ3) is 7.34. The minimum Gasteiger partial charge on any atom is -0.481 e. The Morgan fingerprint density at radius 2 is 1.79 bits per heavy atom. The minimum absolute atomic E-state index is 0.000453. The van der Waals surface area contributed by atoms with Crippen LogP contribution in [0.1, 0.15) is 28.8 Å². The molecule has 4 rings (SSSR count). The lowest BCUT2D eigenvalue weighted by Gasteiger charge is -2.38. The van der Waals surface area contributed by atoms with Gasteiger partial charge in [0.1, 0.15) is 18.6 Å². The molecule has 0 spiro atoms. The zero-order chi connectivity index (χ0) is 26.9. The van der Waals surface area contributed by atoms with Crippen molar-refractivity contribution >= 4 is 29.6 Å². The van der Waals surface area contributed by atoms with Crippen molar-refractivity contribution in [3.8, 4) is 0 Å². The van der Waals surface area contributed by atoms with Crippen LogP contribution in [-0.4, -0.2) is 79.4 Å². The second kappa shape index (κ2) is 12.7. The number of ether oxygens (including phenoxy) is 1. The van der Waals surface area contributed by atoms with E-state index < -0.39 is 36.4 Å². The van der Waals surface area contributed by atoms with Gasteiger partial charge in [-0.05, 0) is 30.2 Å². The number of alkyl carbamates (subject to hydrolysis) is 1. The molecule has 0 radical (unpaired) electrons. The molecule has 1 unspecified atom stereocenters. The third-order valence-electron chi connectivity index (χ3n) is 6.20. The van der Waals surface area contributed by atoms with Crippen LogP contribution >= 0.6 is 0 Å². The van der Waals surface area contributed by atoms with Crippen molar-refractivity contribution in [3.05, 3.63) is 65.5 Å². The van der Waals surface area contributed by atoms with E-state index in [-0.39, 0.29) is 12.2 Å². The summed E-state index contributed by atoms with van der Waals surface area (Å²) >= 11 is 0. The fraction of sp³-hybridized carbons (Fsp3) is 0.385. The molecule has 0 saturated carbocycles. The van der Waals surface area contributed by atoms with Crippen LogP contribution in [0.15, 0.2) is 53.5 Å². The molecule has 2 amide bonds. The lowest BCUT2D eigenvalue weighted by molar-refractivity contribution is -0.137. The Morgan fingerprint density at radius 3 is 2.45 bits per heavy atom. The zero-order valence-corrected chi connectivity index (χ0v) is 20.9. The standard InChI is InChI=1S/C26H31FN6O5/c27-20-15-19(7-8-21(20)32-11-13-33(14-12-32)25-28-9-4-10-29-25)24(36)30-22(16-23(34)35)31-26(37)38-17-18-5-2-1-3-6-18/h1-3,5-8,15,22H,4,9-14,16-17H2,(H,28,29)(H,30,36)(H,31,37)(H,34,35). The molecular weight excluding hydrogens is 495 g/mol. The number of halogens is 1. The molecule has 2 aromatic rings. The Kier molecular flexibility index (Phi) is 8.96. The number of guanidine groups is 1. The van der Waals surface area contributed by atoms with Crippen molar-refractivity contribution in [1.29, 1.82) is 0 Å². The number of rotatable bonds is 8. The fourth-order valence-electron chi connectivity index (χ4n) is 4.26. The number of nitrogens with zero attached hydrogens (tertiary/aromatic N) is 3. The van der Waals surface area contributed by atoms with E-state index in [1.165, 1.54) is 12.1 Å². The monoisotopic (exact) mass is 526 g/mol. The van der Waals surface area contributed by atoms with Crippen molar-refractivity contribution in [1.82, 2.24) is 20.9 Å². The normalized spacial score (nSPS) is 16.1. The number of nitrogens with one attached hydrogen (secondary N) is 3. The van der Waals surface area contributed by atoms with E-state index in [9.17, 15) is 19.5 Å². The first-order valence-corrected chi connectivity index (χ1v) is 12.5. The largest absolute Gasteiger partial charge is 0.481 e. The second-order valence-electron chi connectivity index (χ2n) is 8.96. The summed E-state index contributed by atoms with van der Waals surface area (Å²) in [4.78, 5) is 44.7. The topological polar surface area (TPSA) is 136 Å². The number of aliphatic carboxylic acids is 1. The molecular formula is C26H31FN6O5. The number of amides is 2. The van der Waals surface area contributed by atoms with E-state index in [0.29, 0.717) is 31.9 Å². The van der Waals surface area contributed by atoms with Gasteiger partial charge in [0.25, 0.3) is 5.91 Å². The van der Waals surface area contributed by atoms with Gasteiger partial charge in [-0.25, -0.2) is 9.18 Å². The van der Waals surface area contributed by atoms with Gasteiger partial charge in [0, 0.05) is 44.8 Å². The van der Waals surface area contributed by atoms with Gasteiger partial charge in [0.2, 0.25) is 0 Å². The van der Waals surface area contributed by atoms with Crippen molar-refractivity contribution in [2.24, 2.45) is 4.99 Å². The predicted molar refractivity (Wildman–Crippen MR) is 138 cm³/mol. The maximum atomic E-state index is 15.0. The Balaban J connectivity index is 1.32. The molecule has 38 heavy (non-hydrogen) atoms. The quantitative estimate of drug-likeness (QED) is 0.382. The molecule has 1 atom stereocenters. The molecule has 1 saturated heterocycles. The summed E-state index contributed by atoms with van der Waals surface area (Å²) in [5.41, 5.74) is 1.13. The molecule has 0 bridgehead atoms. The summed E-state index contributed by atoms with van der Waals surface area (Å²) in [6, 6.07) is 13.0. The van der Waals surface area contributed by atoms with E-state index in [2.05, 4.69) is 25.8 Å². The summed E-state index contributed by atoms with van der Waals surface area (Å²) in [5.74, 6) is -1.65. The molecule has 2 aliphatic heterocycles. The Morgan fingerprint density at radius 1 is 1.05 bits per heavy atom. The minimum atomic E-state index is -1.25. The van der Waals surface area contributed by atoms with Crippen LogP contribution in [0.25, 0.3) is 0 Å². The maximum Gasteiger partial charge on any atom is 0.409 e.